The molecule has 0 atom stereocenters. The monoisotopic (exact) mass is 286 g/mol. The van der Waals surface area contributed by atoms with Gasteiger partial charge in [0.15, 0.2) is 6.54 Å². The molecule has 0 aromatic heterocycles. The third kappa shape index (κ3) is 12.5. The average molecular weight is 286 g/mol. The highest BCUT2D eigenvalue weighted by Crippen LogP contribution is 2.11. The number of hydrogen-bond acceptors (Lipinski definition) is 2. The summed E-state index contributed by atoms with van der Waals surface area (Å²) in [5.41, 5.74) is 0. The van der Waals surface area contributed by atoms with E-state index in [1.165, 1.54) is 71.3 Å². The number of likely N-dealkylation sites (N-methyl/N-ethyl adjacent to an activating group) is 1. The van der Waals surface area contributed by atoms with E-state index in [0.717, 1.165) is 11.0 Å². The van der Waals surface area contributed by atoms with Gasteiger partial charge >= 0.3 is 5.97 Å². The zero-order valence-electron chi connectivity index (χ0n) is 14.2. The van der Waals surface area contributed by atoms with Crippen LogP contribution < -0.4 is 0 Å². The number of ether oxygens (including phenoxy) is 1. The summed E-state index contributed by atoms with van der Waals surface area (Å²) in [7, 11) is 5.66. The Hall–Kier alpha value is -0.570. The van der Waals surface area contributed by atoms with Gasteiger partial charge < -0.3 is 9.22 Å². The molecule has 0 aromatic carbocycles. The van der Waals surface area contributed by atoms with Gasteiger partial charge in [0.25, 0.3) is 0 Å². The molecule has 3 heteroatoms. The summed E-state index contributed by atoms with van der Waals surface area (Å²) in [6.45, 7) is 3.81. The van der Waals surface area contributed by atoms with Crippen LogP contribution in [0.4, 0.5) is 0 Å². The van der Waals surface area contributed by atoms with Gasteiger partial charge in [-0.05, 0) is 12.8 Å². The lowest BCUT2D eigenvalue weighted by Gasteiger charge is -2.28. The Morgan fingerprint density at radius 1 is 0.850 bits per heavy atom. The van der Waals surface area contributed by atoms with Crippen molar-refractivity contribution in [2.75, 3.05) is 34.3 Å². The van der Waals surface area contributed by atoms with Crippen LogP contribution in [-0.4, -0.2) is 44.7 Å². The Balaban J connectivity index is 3.36. The first-order valence-corrected chi connectivity index (χ1v) is 8.40. The normalized spacial score (nSPS) is 11.6. The van der Waals surface area contributed by atoms with Crippen molar-refractivity contribution in [3.63, 3.8) is 0 Å². The fourth-order valence-electron chi connectivity index (χ4n) is 2.52. The summed E-state index contributed by atoms with van der Waals surface area (Å²) in [6, 6.07) is 0. The minimum atomic E-state index is -0.109. The summed E-state index contributed by atoms with van der Waals surface area (Å²) in [5.74, 6) is -0.109. The maximum Gasteiger partial charge on any atom is 0.361 e. The van der Waals surface area contributed by atoms with Crippen molar-refractivity contribution >= 4 is 5.97 Å². The smallest absolute Gasteiger partial charge is 0.361 e. The summed E-state index contributed by atoms with van der Waals surface area (Å²) in [5, 5.41) is 0. The Morgan fingerprint density at radius 2 is 1.30 bits per heavy atom. The second kappa shape index (κ2) is 12.2. The van der Waals surface area contributed by atoms with E-state index >= 15 is 0 Å². The van der Waals surface area contributed by atoms with Crippen LogP contribution in [0, 0.1) is 0 Å². The molecule has 0 aliphatic carbocycles. The van der Waals surface area contributed by atoms with Gasteiger partial charge in [-0.15, -0.1) is 0 Å². The maximum absolute atomic E-state index is 11.3. The van der Waals surface area contributed by atoms with Crippen molar-refractivity contribution in [3.8, 4) is 0 Å². The van der Waals surface area contributed by atoms with Crippen molar-refractivity contribution in [2.24, 2.45) is 0 Å². The molecule has 0 saturated heterocycles. The molecule has 0 radical (unpaired) electrons. The van der Waals surface area contributed by atoms with E-state index in [-0.39, 0.29) is 5.97 Å². The number of hydrogen-bond donors (Lipinski definition) is 0. The molecule has 3 nitrogen and oxygen atoms in total. The predicted octanol–water partition coefficient (Wildman–Crippen LogP) is 4.16. The van der Waals surface area contributed by atoms with Gasteiger partial charge in [-0.25, -0.2) is 4.79 Å². The third-order valence-electron chi connectivity index (χ3n) is 3.90. The summed E-state index contributed by atoms with van der Waals surface area (Å²) in [6.07, 6.45) is 13.6. The van der Waals surface area contributed by atoms with E-state index in [2.05, 4.69) is 21.0 Å². The fourth-order valence-corrected chi connectivity index (χ4v) is 2.52. The fraction of sp³-hybridized carbons (Fsp3) is 0.941. The van der Waals surface area contributed by atoms with Crippen LogP contribution in [-0.2, 0) is 9.53 Å². The highest BCUT2D eigenvalue weighted by molar-refractivity contribution is 5.70. The van der Waals surface area contributed by atoms with Gasteiger partial charge in [0.2, 0.25) is 0 Å². The van der Waals surface area contributed by atoms with Gasteiger partial charge in [0.1, 0.15) is 0 Å². The first kappa shape index (κ1) is 19.4. The van der Waals surface area contributed by atoms with E-state index in [9.17, 15) is 4.79 Å². The minimum Gasteiger partial charge on any atom is -0.465 e. The standard InChI is InChI=1S/C17H36NO2/c1-5-6-7-8-9-10-11-12-13-14-15-18(2,3)16-17(19)20-4/h5-16H2,1-4H3/q+1. The lowest BCUT2D eigenvalue weighted by molar-refractivity contribution is -0.883. The molecule has 0 N–H and O–H groups in total. The largest absolute Gasteiger partial charge is 0.465 e. The molecule has 0 unspecified atom stereocenters. The van der Waals surface area contributed by atoms with Crippen LogP contribution in [0.5, 0.6) is 0 Å². The average Bonchev–Trinajstić information content (AvgIpc) is 2.40. The molecule has 0 rings (SSSR count). The van der Waals surface area contributed by atoms with E-state index in [1.54, 1.807) is 0 Å². The first-order valence-electron chi connectivity index (χ1n) is 8.40. The zero-order chi connectivity index (χ0) is 15.3. The number of methoxy groups -OCH3 is 1. The zero-order valence-corrected chi connectivity index (χ0v) is 14.2. The Kier molecular flexibility index (Phi) is 11.8. The first-order chi connectivity index (χ1) is 9.52. The summed E-state index contributed by atoms with van der Waals surface area (Å²) in [4.78, 5) is 11.3. The van der Waals surface area contributed by atoms with Crippen molar-refractivity contribution in [1.29, 1.82) is 0 Å². The highest BCUT2D eigenvalue weighted by atomic mass is 16.5. The summed E-state index contributed by atoms with van der Waals surface area (Å²) < 4.78 is 5.47. The van der Waals surface area contributed by atoms with E-state index in [1.807, 2.05) is 0 Å². The molecule has 0 bridgehead atoms. The lowest BCUT2D eigenvalue weighted by Crippen LogP contribution is -2.44. The van der Waals surface area contributed by atoms with Gasteiger partial charge in [0, 0.05) is 0 Å². The van der Waals surface area contributed by atoms with Crippen molar-refractivity contribution in [1.82, 2.24) is 0 Å². The molecule has 120 valence electrons. The quantitative estimate of drug-likeness (QED) is 0.289. The van der Waals surface area contributed by atoms with Crippen LogP contribution in [0.2, 0.25) is 0 Å². The number of carbonyl (C=O) groups excluding carboxylic acids is 1. The van der Waals surface area contributed by atoms with E-state index < -0.39 is 0 Å². The molecular weight excluding hydrogens is 250 g/mol. The van der Waals surface area contributed by atoms with Gasteiger partial charge in [0.05, 0.1) is 27.7 Å². The van der Waals surface area contributed by atoms with Gasteiger partial charge in [-0.3, -0.25) is 0 Å². The van der Waals surface area contributed by atoms with E-state index in [0.29, 0.717) is 6.54 Å². The van der Waals surface area contributed by atoms with Crippen LogP contribution in [0.3, 0.4) is 0 Å². The van der Waals surface area contributed by atoms with Crippen molar-refractivity contribution in [3.05, 3.63) is 0 Å². The van der Waals surface area contributed by atoms with Crippen LogP contribution in [0.15, 0.2) is 0 Å². The number of unbranched alkanes of at least 4 members (excludes halogenated alkanes) is 9. The highest BCUT2D eigenvalue weighted by Gasteiger charge is 2.19. The SMILES string of the molecule is CCCCCCCCCCCC[N+](C)(C)CC(=O)OC. The van der Waals surface area contributed by atoms with Crippen LogP contribution >= 0.6 is 0 Å². The number of nitrogens with zero attached hydrogens (tertiary/aromatic N) is 1. The Morgan fingerprint density at radius 3 is 1.75 bits per heavy atom. The van der Waals surface area contributed by atoms with Gasteiger partial charge in [-0.2, -0.15) is 0 Å². The molecule has 0 aromatic rings. The topological polar surface area (TPSA) is 26.3 Å². The number of quaternary nitrogens is 1. The number of carbonyl (C=O) groups is 1. The lowest BCUT2D eigenvalue weighted by atomic mass is 10.1. The van der Waals surface area contributed by atoms with Crippen LogP contribution in [0.1, 0.15) is 71.1 Å². The van der Waals surface area contributed by atoms with Crippen LogP contribution in [0.25, 0.3) is 0 Å². The van der Waals surface area contributed by atoms with E-state index in [4.69, 9.17) is 4.74 Å². The van der Waals surface area contributed by atoms with Gasteiger partial charge in [-0.1, -0.05) is 58.3 Å². The van der Waals surface area contributed by atoms with Crippen molar-refractivity contribution < 1.29 is 14.0 Å². The summed E-state index contributed by atoms with van der Waals surface area (Å²) >= 11 is 0. The molecule has 0 aliphatic rings. The molecule has 0 spiro atoms. The third-order valence-corrected chi connectivity index (χ3v) is 3.90. The molecule has 20 heavy (non-hydrogen) atoms. The second-order valence-corrected chi connectivity index (χ2v) is 6.58. The van der Waals surface area contributed by atoms with Crippen molar-refractivity contribution in [2.45, 2.75) is 71.1 Å². The molecule has 0 heterocycles. The molecule has 0 amide bonds. The maximum atomic E-state index is 11.3. The Labute approximate surface area is 126 Å². The Bertz CT molecular complexity index is 239. The number of esters is 1. The minimum absolute atomic E-state index is 0.109. The predicted molar refractivity (Wildman–Crippen MR) is 85.7 cm³/mol. The molecule has 0 fully saturated rings. The second-order valence-electron chi connectivity index (χ2n) is 6.58. The molecule has 0 saturated carbocycles. The molecule has 0 aliphatic heterocycles. The number of rotatable bonds is 13. The molecular formula is C17H36NO2+.